The molecule has 168 valence electrons. The van der Waals surface area contributed by atoms with Gasteiger partial charge in [0.1, 0.15) is 11.5 Å². The summed E-state index contributed by atoms with van der Waals surface area (Å²) in [5.74, 6) is 1.97. The van der Waals surface area contributed by atoms with E-state index < -0.39 is 0 Å². The number of carbonyl (C=O) groups excluding carboxylic acids is 1. The number of nitrogens with zero attached hydrogens (tertiary/aromatic N) is 1. The van der Waals surface area contributed by atoms with Crippen LogP contribution in [0.2, 0.25) is 0 Å². The maximum Gasteiger partial charge on any atom is 0.311 e. The van der Waals surface area contributed by atoms with Gasteiger partial charge in [0.05, 0.1) is 32.5 Å². The third-order valence-electron chi connectivity index (χ3n) is 4.75. The fourth-order valence-electron chi connectivity index (χ4n) is 3.12. The Morgan fingerprint density at radius 1 is 0.909 bits per heavy atom. The van der Waals surface area contributed by atoms with Gasteiger partial charge in [0.15, 0.2) is 11.5 Å². The van der Waals surface area contributed by atoms with Gasteiger partial charge in [-0.15, -0.1) is 0 Å². The molecular weight excluding hydrogens is 418 g/mol. The van der Waals surface area contributed by atoms with E-state index in [0.717, 1.165) is 11.3 Å². The molecule has 6 heteroatoms. The van der Waals surface area contributed by atoms with Crippen LogP contribution in [0.25, 0.3) is 11.6 Å². The molecule has 0 saturated carbocycles. The Hall–Kier alpha value is -4.24. The van der Waals surface area contributed by atoms with Crippen molar-refractivity contribution in [1.82, 2.24) is 0 Å². The van der Waals surface area contributed by atoms with Gasteiger partial charge in [0, 0.05) is 6.42 Å². The van der Waals surface area contributed by atoms with Crippen LogP contribution >= 0.6 is 0 Å². The SMILES string of the molecule is COc1ccc(/C(C#N)=C\c2cccc(OC(=O)CCCOc3ccccc3)c2)cc1OC. The second-order valence-electron chi connectivity index (χ2n) is 7.05. The summed E-state index contributed by atoms with van der Waals surface area (Å²) in [6.07, 6.45) is 2.51. The highest BCUT2D eigenvalue weighted by Gasteiger charge is 2.09. The van der Waals surface area contributed by atoms with Gasteiger partial charge in [-0.05, 0) is 66.1 Å². The van der Waals surface area contributed by atoms with E-state index in [-0.39, 0.29) is 12.4 Å². The summed E-state index contributed by atoms with van der Waals surface area (Å²) >= 11 is 0. The molecule has 0 N–H and O–H groups in total. The molecule has 0 aromatic heterocycles. The summed E-state index contributed by atoms with van der Waals surface area (Å²) in [6, 6.07) is 24.0. The summed E-state index contributed by atoms with van der Waals surface area (Å²) in [5.41, 5.74) is 1.87. The predicted molar refractivity (Wildman–Crippen MR) is 126 cm³/mol. The van der Waals surface area contributed by atoms with Gasteiger partial charge in [0.2, 0.25) is 0 Å². The quantitative estimate of drug-likeness (QED) is 0.135. The number of benzene rings is 3. The highest BCUT2D eigenvalue weighted by Crippen LogP contribution is 2.31. The molecule has 0 unspecified atom stereocenters. The first kappa shape index (κ1) is 23.4. The van der Waals surface area contributed by atoms with E-state index in [1.165, 1.54) is 0 Å². The van der Waals surface area contributed by atoms with E-state index in [1.807, 2.05) is 36.4 Å². The number of allylic oxidation sites excluding steroid dienone is 1. The molecule has 3 aromatic rings. The summed E-state index contributed by atoms with van der Waals surface area (Å²) < 4.78 is 21.6. The molecule has 0 aliphatic rings. The van der Waals surface area contributed by atoms with Crippen molar-refractivity contribution < 1.29 is 23.7 Å². The van der Waals surface area contributed by atoms with Crippen LogP contribution in [-0.2, 0) is 4.79 Å². The topological polar surface area (TPSA) is 77.8 Å². The number of nitriles is 1. The number of carbonyl (C=O) groups is 1. The van der Waals surface area contributed by atoms with Crippen LogP contribution in [0, 0.1) is 11.3 Å². The van der Waals surface area contributed by atoms with E-state index in [4.69, 9.17) is 18.9 Å². The van der Waals surface area contributed by atoms with Gasteiger partial charge in [-0.2, -0.15) is 5.26 Å². The number of hydrogen-bond donors (Lipinski definition) is 0. The zero-order valence-electron chi connectivity index (χ0n) is 18.6. The maximum absolute atomic E-state index is 12.2. The van der Waals surface area contributed by atoms with Crippen molar-refractivity contribution in [3.8, 4) is 29.1 Å². The van der Waals surface area contributed by atoms with Gasteiger partial charge in [0.25, 0.3) is 0 Å². The summed E-state index contributed by atoms with van der Waals surface area (Å²) in [6.45, 7) is 0.429. The molecule has 0 atom stereocenters. The van der Waals surface area contributed by atoms with E-state index >= 15 is 0 Å². The predicted octanol–water partition coefficient (Wildman–Crippen LogP) is 5.53. The first-order chi connectivity index (χ1) is 16.1. The average Bonchev–Trinajstić information content (AvgIpc) is 2.85. The Kier molecular flexibility index (Phi) is 8.49. The van der Waals surface area contributed by atoms with Crippen molar-refractivity contribution in [2.75, 3.05) is 20.8 Å². The lowest BCUT2D eigenvalue weighted by atomic mass is 10.0. The van der Waals surface area contributed by atoms with Gasteiger partial charge < -0.3 is 18.9 Å². The number of esters is 1. The Balaban J connectivity index is 1.61. The maximum atomic E-state index is 12.2. The zero-order valence-corrected chi connectivity index (χ0v) is 18.6. The lowest BCUT2D eigenvalue weighted by Crippen LogP contribution is -2.10. The summed E-state index contributed by atoms with van der Waals surface area (Å²) in [4.78, 5) is 12.2. The molecule has 33 heavy (non-hydrogen) atoms. The molecule has 3 rings (SSSR count). The monoisotopic (exact) mass is 443 g/mol. The van der Waals surface area contributed by atoms with Crippen LogP contribution in [-0.4, -0.2) is 26.8 Å². The minimum absolute atomic E-state index is 0.238. The molecular formula is C27H25NO5. The third kappa shape index (κ3) is 6.88. The molecule has 0 bridgehead atoms. The molecule has 0 aliphatic carbocycles. The van der Waals surface area contributed by atoms with Crippen molar-refractivity contribution in [1.29, 1.82) is 5.26 Å². The standard InChI is InChI=1S/C27H25NO5/c1-30-25-14-13-21(18-26(25)31-2)22(19-28)16-20-8-6-11-24(17-20)33-27(29)12-7-15-32-23-9-4-3-5-10-23/h3-6,8-11,13-14,16-18H,7,12,15H2,1-2H3/b22-16-. The molecule has 0 spiro atoms. The van der Waals surface area contributed by atoms with Crippen LogP contribution in [0.1, 0.15) is 24.0 Å². The first-order valence-corrected chi connectivity index (χ1v) is 10.5. The minimum atomic E-state index is -0.340. The van der Waals surface area contributed by atoms with Crippen LogP contribution in [0.5, 0.6) is 23.0 Å². The molecule has 6 nitrogen and oxygen atoms in total. The molecule has 3 aromatic carbocycles. The highest BCUT2D eigenvalue weighted by atomic mass is 16.5. The Morgan fingerprint density at radius 3 is 2.39 bits per heavy atom. The number of methoxy groups -OCH3 is 2. The molecule has 0 fully saturated rings. The van der Waals surface area contributed by atoms with Crippen molar-refractivity contribution in [3.63, 3.8) is 0 Å². The largest absolute Gasteiger partial charge is 0.494 e. The molecule has 0 aliphatic heterocycles. The van der Waals surface area contributed by atoms with E-state index in [2.05, 4.69) is 6.07 Å². The van der Waals surface area contributed by atoms with Gasteiger partial charge >= 0.3 is 5.97 Å². The van der Waals surface area contributed by atoms with Crippen molar-refractivity contribution in [2.45, 2.75) is 12.8 Å². The smallest absolute Gasteiger partial charge is 0.311 e. The Morgan fingerprint density at radius 2 is 1.67 bits per heavy atom. The highest BCUT2D eigenvalue weighted by molar-refractivity contribution is 5.90. The van der Waals surface area contributed by atoms with Crippen LogP contribution in [0.15, 0.2) is 72.8 Å². The minimum Gasteiger partial charge on any atom is -0.494 e. The average molecular weight is 443 g/mol. The fourth-order valence-corrected chi connectivity index (χ4v) is 3.12. The molecule has 0 amide bonds. The Labute approximate surface area is 193 Å². The van der Waals surface area contributed by atoms with Crippen LogP contribution < -0.4 is 18.9 Å². The zero-order chi connectivity index (χ0) is 23.5. The molecule has 0 saturated heterocycles. The summed E-state index contributed by atoms with van der Waals surface area (Å²) in [7, 11) is 3.10. The lowest BCUT2D eigenvalue weighted by Gasteiger charge is -2.09. The number of hydrogen-bond acceptors (Lipinski definition) is 6. The van der Waals surface area contributed by atoms with E-state index in [9.17, 15) is 10.1 Å². The van der Waals surface area contributed by atoms with Crippen LogP contribution in [0.3, 0.4) is 0 Å². The fraction of sp³-hybridized carbons (Fsp3) is 0.185. The second-order valence-corrected chi connectivity index (χ2v) is 7.05. The van der Waals surface area contributed by atoms with Crippen molar-refractivity contribution in [3.05, 3.63) is 83.9 Å². The normalized spacial score (nSPS) is 10.8. The second kappa shape index (κ2) is 12.0. The van der Waals surface area contributed by atoms with Crippen molar-refractivity contribution in [2.24, 2.45) is 0 Å². The summed E-state index contributed by atoms with van der Waals surface area (Å²) in [5, 5.41) is 9.66. The molecule has 0 radical (unpaired) electrons. The van der Waals surface area contributed by atoms with Gasteiger partial charge in [-0.3, -0.25) is 4.79 Å². The third-order valence-corrected chi connectivity index (χ3v) is 4.75. The number of rotatable bonds is 10. The van der Waals surface area contributed by atoms with Crippen molar-refractivity contribution >= 4 is 17.6 Å². The number of para-hydroxylation sites is 1. The molecule has 0 heterocycles. The van der Waals surface area contributed by atoms with Crippen LogP contribution in [0.4, 0.5) is 0 Å². The van der Waals surface area contributed by atoms with Gasteiger partial charge in [-0.25, -0.2) is 0 Å². The van der Waals surface area contributed by atoms with E-state index in [0.29, 0.717) is 41.4 Å². The lowest BCUT2D eigenvalue weighted by molar-refractivity contribution is -0.134. The van der Waals surface area contributed by atoms with Gasteiger partial charge in [-0.1, -0.05) is 30.3 Å². The number of ether oxygens (including phenoxy) is 4. The van der Waals surface area contributed by atoms with E-state index in [1.54, 1.807) is 56.7 Å². The Bertz CT molecular complexity index is 1150. The first-order valence-electron chi connectivity index (χ1n) is 10.5.